The van der Waals surface area contributed by atoms with E-state index in [4.69, 9.17) is 9.47 Å². The molecule has 0 unspecified atom stereocenters. The molecule has 7 nitrogen and oxygen atoms in total. The largest absolute Gasteiger partial charge is 0.497 e. The first-order valence-corrected chi connectivity index (χ1v) is 10.6. The van der Waals surface area contributed by atoms with E-state index in [1.165, 1.54) is 0 Å². The minimum absolute atomic E-state index is 0.0172. The molecular formula is C25H34N2O5. The second-order valence-electron chi connectivity index (χ2n) is 9.21. The Morgan fingerprint density at radius 1 is 0.969 bits per heavy atom. The van der Waals surface area contributed by atoms with Crippen LogP contribution >= 0.6 is 0 Å². The number of ether oxygens (including phenoxy) is 2. The summed E-state index contributed by atoms with van der Waals surface area (Å²) in [6.45, 7) is 8.85. The first kappa shape index (κ1) is 25.2. The van der Waals surface area contributed by atoms with Crippen LogP contribution in [0.2, 0.25) is 0 Å². The minimum Gasteiger partial charge on any atom is -0.497 e. The fraction of sp³-hybridized carbons (Fsp3) is 0.440. The first-order valence-electron chi connectivity index (χ1n) is 10.6. The zero-order chi connectivity index (χ0) is 23.9. The van der Waals surface area contributed by atoms with Crippen LogP contribution in [-0.4, -0.2) is 36.4 Å². The van der Waals surface area contributed by atoms with Crippen molar-refractivity contribution in [3.05, 3.63) is 65.7 Å². The summed E-state index contributed by atoms with van der Waals surface area (Å²) in [6.07, 6.45) is -1.51. The van der Waals surface area contributed by atoms with Gasteiger partial charge in [0.1, 0.15) is 11.4 Å². The van der Waals surface area contributed by atoms with Crippen LogP contribution in [0, 0.1) is 5.41 Å². The third kappa shape index (κ3) is 6.99. The van der Waals surface area contributed by atoms with Gasteiger partial charge in [-0.15, -0.1) is 0 Å². The highest BCUT2D eigenvalue weighted by molar-refractivity contribution is 5.84. The molecule has 0 saturated heterocycles. The van der Waals surface area contributed by atoms with E-state index in [0.717, 1.165) is 5.56 Å². The van der Waals surface area contributed by atoms with Crippen molar-refractivity contribution in [1.82, 2.24) is 10.6 Å². The minimum atomic E-state index is -1.04. The number of benzene rings is 2. The first-order chi connectivity index (χ1) is 14.9. The predicted octanol–water partition coefficient (Wildman–Crippen LogP) is 4.14. The molecule has 2 aromatic rings. The average molecular weight is 443 g/mol. The Hall–Kier alpha value is -3.06. The Kier molecular flexibility index (Phi) is 8.27. The monoisotopic (exact) mass is 442 g/mol. The average Bonchev–Trinajstić information content (AvgIpc) is 2.74. The summed E-state index contributed by atoms with van der Waals surface area (Å²) < 4.78 is 10.6. The lowest BCUT2D eigenvalue weighted by Gasteiger charge is -2.35. The number of carbonyl (C=O) groups is 2. The van der Waals surface area contributed by atoms with Crippen LogP contribution < -0.4 is 15.4 Å². The summed E-state index contributed by atoms with van der Waals surface area (Å²) in [6, 6.07) is 15.7. The number of methoxy groups -OCH3 is 1. The number of amides is 2. The van der Waals surface area contributed by atoms with Gasteiger partial charge in [-0.05, 0) is 57.9 Å². The Bertz CT molecular complexity index is 906. The Labute approximate surface area is 190 Å². The van der Waals surface area contributed by atoms with Crippen LogP contribution in [0.4, 0.5) is 4.79 Å². The molecule has 0 fully saturated rings. The van der Waals surface area contributed by atoms with Crippen LogP contribution in [0.1, 0.15) is 57.9 Å². The van der Waals surface area contributed by atoms with Crippen molar-refractivity contribution in [1.29, 1.82) is 0 Å². The van der Waals surface area contributed by atoms with E-state index in [0.29, 0.717) is 11.3 Å². The predicted molar refractivity (Wildman–Crippen MR) is 123 cm³/mol. The molecule has 0 radical (unpaired) electrons. The van der Waals surface area contributed by atoms with Gasteiger partial charge in [0.2, 0.25) is 5.91 Å². The highest BCUT2D eigenvalue weighted by atomic mass is 16.6. The highest BCUT2D eigenvalue weighted by Gasteiger charge is 2.39. The maximum Gasteiger partial charge on any atom is 0.408 e. The van der Waals surface area contributed by atoms with Crippen molar-refractivity contribution in [3.63, 3.8) is 0 Å². The van der Waals surface area contributed by atoms with Gasteiger partial charge in [0.15, 0.2) is 0 Å². The molecule has 0 aliphatic carbocycles. The molecule has 3 N–H and O–H groups in total. The van der Waals surface area contributed by atoms with Gasteiger partial charge in [-0.1, -0.05) is 42.5 Å². The maximum atomic E-state index is 13.2. The van der Waals surface area contributed by atoms with Crippen molar-refractivity contribution >= 4 is 12.0 Å². The molecule has 7 heteroatoms. The van der Waals surface area contributed by atoms with Crippen LogP contribution in [-0.2, 0) is 9.53 Å². The SMILES string of the molecule is COc1cccc([C@H](O)CNC(=O)C(C)(C)[C@@H](NC(=O)OC(C)(C)C)c2ccccc2)c1. The Morgan fingerprint density at radius 2 is 1.59 bits per heavy atom. The van der Waals surface area contributed by atoms with Crippen molar-refractivity contribution in [2.75, 3.05) is 13.7 Å². The van der Waals surface area contributed by atoms with E-state index in [2.05, 4.69) is 10.6 Å². The van der Waals surface area contributed by atoms with Gasteiger partial charge in [0.05, 0.1) is 24.7 Å². The third-order valence-corrected chi connectivity index (χ3v) is 5.04. The molecule has 0 aliphatic rings. The summed E-state index contributed by atoms with van der Waals surface area (Å²) in [4.78, 5) is 25.7. The molecule has 2 amide bonds. The molecule has 2 rings (SSSR count). The number of carbonyl (C=O) groups excluding carboxylic acids is 2. The molecule has 0 spiro atoms. The molecule has 32 heavy (non-hydrogen) atoms. The molecule has 174 valence electrons. The number of hydrogen-bond donors (Lipinski definition) is 3. The van der Waals surface area contributed by atoms with Crippen molar-refractivity contribution < 1.29 is 24.2 Å². The second kappa shape index (κ2) is 10.5. The quantitative estimate of drug-likeness (QED) is 0.571. The molecular weight excluding hydrogens is 408 g/mol. The van der Waals surface area contributed by atoms with E-state index < -0.39 is 29.3 Å². The molecule has 2 atom stereocenters. The number of aliphatic hydroxyl groups is 1. The summed E-state index contributed by atoms with van der Waals surface area (Å²) in [5.41, 5.74) is -0.300. The third-order valence-electron chi connectivity index (χ3n) is 5.04. The van der Waals surface area contributed by atoms with E-state index in [1.54, 1.807) is 66.0 Å². The van der Waals surface area contributed by atoms with Crippen LogP contribution in [0.5, 0.6) is 5.75 Å². The van der Waals surface area contributed by atoms with E-state index in [-0.39, 0.29) is 12.5 Å². The van der Waals surface area contributed by atoms with Crippen molar-refractivity contribution in [2.24, 2.45) is 5.41 Å². The molecule has 0 saturated carbocycles. The normalized spacial score (nSPS) is 13.6. The van der Waals surface area contributed by atoms with Gasteiger partial charge in [-0.25, -0.2) is 4.79 Å². The molecule has 2 aromatic carbocycles. The molecule has 0 heterocycles. The van der Waals surface area contributed by atoms with Gasteiger partial charge in [-0.2, -0.15) is 0 Å². The fourth-order valence-corrected chi connectivity index (χ4v) is 3.27. The lowest BCUT2D eigenvalue weighted by atomic mass is 9.79. The lowest BCUT2D eigenvalue weighted by molar-refractivity contribution is -0.131. The number of rotatable bonds is 8. The molecule has 0 aliphatic heterocycles. The number of nitrogens with one attached hydrogen (secondary N) is 2. The second-order valence-corrected chi connectivity index (χ2v) is 9.21. The summed E-state index contributed by atoms with van der Waals surface area (Å²) in [5.74, 6) is 0.309. The fourth-order valence-electron chi connectivity index (χ4n) is 3.27. The van der Waals surface area contributed by atoms with Crippen molar-refractivity contribution in [2.45, 2.75) is 52.4 Å². The topological polar surface area (TPSA) is 96.9 Å². The van der Waals surface area contributed by atoms with E-state index in [9.17, 15) is 14.7 Å². The van der Waals surface area contributed by atoms with Crippen LogP contribution in [0.3, 0.4) is 0 Å². The Balaban J connectivity index is 2.16. The zero-order valence-electron chi connectivity index (χ0n) is 19.6. The van der Waals surface area contributed by atoms with Crippen LogP contribution in [0.15, 0.2) is 54.6 Å². The van der Waals surface area contributed by atoms with E-state index in [1.807, 2.05) is 30.3 Å². The Morgan fingerprint density at radius 3 is 2.19 bits per heavy atom. The van der Waals surface area contributed by atoms with Crippen LogP contribution in [0.25, 0.3) is 0 Å². The smallest absolute Gasteiger partial charge is 0.408 e. The van der Waals surface area contributed by atoms with Gasteiger partial charge in [-0.3, -0.25) is 4.79 Å². The highest BCUT2D eigenvalue weighted by Crippen LogP contribution is 2.34. The van der Waals surface area contributed by atoms with Crippen molar-refractivity contribution in [3.8, 4) is 5.75 Å². The standard InChI is InChI=1S/C25H34N2O5/c1-24(2,3)32-23(30)27-21(17-11-8-7-9-12-17)25(4,5)22(29)26-16-20(28)18-13-10-14-19(15-18)31-6/h7-15,20-21,28H,16H2,1-6H3,(H,26,29)(H,27,30)/t20-,21+/m1/s1. The number of hydrogen-bond acceptors (Lipinski definition) is 5. The lowest BCUT2D eigenvalue weighted by Crippen LogP contribution is -2.48. The summed E-state index contributed by atoms with van der Waals surface area (Å²) in [5, 5.41) is 16.2. The molecule has 0 bridgehead atoms. The van der Waals surface area contributed by atoms with E-state index >= 15 is 0 Å². The van der Waals surface area contributed by atoms with Gasteiger partial charge >= 0.3 is 6.09 Å². The van der Waals surface area contributed by atoms with Gasteiger partial charge < -0.3 is 25.2 Å². The van der Waals surface area contributed by atoms with Gasteiger partial charge in [0.25, 0.3) is 0 Å². The number of alkyl carbamates (subject to hydrolysis) is 1. The summed E-state index contributed by atoms with van der Waals surface area (Å²) in [7, 11) is 1.55. The maximum absolute atomic E-state index is 13.2. The van der Waals surface area contributed by atoms with Gasteiger partial charge in [0, 0.05) is 6.54 Å². The zero-order valence-corrected chi connectivity index (χ0v) is 19.6. The number of aliphatic hydroxyl groups excluding tert-OH is 1. The molecule has 0 aromatic heterocycles. The summed E-state index contributed by atoms with van der Waals surface area (Å²) >= 11 is 0.